The minimum Gasteiger partial charge on any atom is -0.481 e. The zero-order chi connectivity index (χ0) is 25.4. The van der Waals surface area contributed by atoms with Gasteiger partial charge in [-0.25, -0.2) is 19.9 Å². The predicted octanol–water partition coefficient (Wildman–Crippen LogP) is 5.67. The number of hydrogen-bond donors (Lipinski definition) is 2. The second-order valence-corrected chi connectivity index (χ2v) is 9.64. The number of hydrogen-bond acceptors (Lipinski definition) is 6. The van der Waals surface area contributed by atoms with Crippen LogP contribution < -0.4 is 9.64 Å². The van der Waals surface area contributed by atoms with E-state index < -0.39 is 0 Å². The summed E-state index contributed by atoms with van der Waals surface area (Å²) in [6.45, 7) is 6.13. The number of aromatic nitrogens is 6. The molecule has 6 rings (SSSR count). The molecule has 0 atom stereocenters. The van der Waals surface area contributed by atoms with Gasteiger partial charge in [-0.05, 0) is 43.9 Å². The molecule has 1 aromatic carbocycles. The van der Waals surface area contributed by atoms with Crippen LogP contribution in [-0.4, -0.2) is 50.1 Å². The van der Waals surface area contributed by atoms with Crippen LogP contribution in [0.3, 0.4) is 0 Å². The number of pyridine rings is 1. The Hall–Kier alpha value is -4.20. The largest absolute Gasteiger partial charge is 0.481 e. The molecule has 0 unspecified atom stereocenters. The number of methoxy groups -OCH3 is 1. The Balaban J connectivity index is 1.20. The molecule has 0 amide bonds. The average Bonchev–Trinajstić information content (AvgIpc) is 3.57. The molecule has 37 heavy (non-hydrogen) atoms. The summed E-state index contributed by atoms with van der Waals surface area (Å²) in [6.07, 6.45) is 6.48. The van der Waals surface area contributed by atoms with E-state index in [1.165, 1.54) is 11.1 Å². The number of anilines is 1. The van der Waals surface area contributed by atoms with Crippen LogP contribution in [0, 0.1) is 6.92 Å². The van der Waals surface area contributed by atoms with Crippen LogP contribution in [0.15, 0.2) is 55.0 Å². The van der Waals surface area contributed by atoms with Gasteiger partial charge in [-0.1, -0.05) is 31.2 Å². The number of nitrogens with one attached hydrogen (secondary N) is 2. The second kappa shape index (κ2) is 9.69. The molecule has 188 valence electrons. The fourth-order valence-corrected chi connectivity index (χ4v) is 5.24. The summed E-state index contributed by atoms with van der Waals surface area (Å²) in [5.41, 5.74) is 7.52. The van der Waals surface area contributed by atoms with Crippen LogP contribution in [0.4, 0.5) is 5.82 Å². The lowest BCUT2D eigenvalue weighted by Crippen LogP contribution is -2.33. The minimum atomic E-state index is 0.405. The van der Waals surface area contributed by atoms with Crippen molar-refractivity contribution in [2.45, 2.75) is 39.0 Å². The number of fused-ring (bicyclic) bond motifs is 1. The minimum absolute atomic E-state index is 0.405. The Kier molecular flexibility index (Phi) is 6.08. The van der Waals surface area contributed by atoms with Crippen molar-refractivity contribution < 1.29 is 4.74 Å². The molecular formula is C29H31N7O. The maximum Gasteiger partial charge on any atom is 0.213 e. The molecule has 5 aromatic rings. The lowest BCUT2D eigenvalue weighted by atomic mass is 9.96. The van der Waals surface area contributed by atoms with Gasteiger partial charge < -0.3 is 19.6 Å². The predicted molar refractivity (Wildman–Crippen MR) is 146 cm³/mol. The summed E-state index contributed by atoms with van der Waals surface area (Å²) in [5.74, 6) is 3.05. The molecule has 0 radical (unpaired) electrons. The number of benzene rings is 1. The van der Waals surface area contributed by atoms with Crippen molar-refractivity contribution in [3.8, 4) is 28.4 Å². The lowest BCUT2D eigenvalue weighted by molar-refractivity contribution is 0.398. The van der Waals surface area contributed by atoms with Gasteiger partial charge in [0, 0.05) is 53.8 Å². The van der Waals surface area contributed by atoms with Crippen LogP contribution in [0.1, 0.15) is 42.8 Å². The Morgan fingerprint density at radius 3 is 2.54 bits per heavy atom. The van der Waals surface area contributed by atoms with Crippen molar-refractivity contribution in [1.29, 1.82) is 0 Å². The number of rotatable bonds is 6. The molecule has 1 fully saturated rings. The Morgan fingerprint density at radius 1 is 0.973 bits per heavy atom. The molecule has 0 bridgehead atoms. The van der Waals surface area contributed by atoms with Crippen molar-refractivity contribution in [1.82, 2.24) is 29.9 Å². The van der Waals surface area contributed by atoms with Crippen molar-refractivity contribution in [3.05, 3.63) is 72.1 Å². The van der Waals surface area contributed by atoms with Gasteiger partial charge in [0.15, 0.2) is 0 Å². The number of ether oxygens (including phenoxy) is 1. The molecule has 0 spiro atoms. The van der Waals surface area contributed by atoms with Gasteiger partial charge in [0.1, 0.15) is 23.6 Å². The van der Waals surface area contributed by atoms with Crippen molar-refractivity contribution in [2.24, 2.45) is 0 Å². The van der Waals surface area contributed by atoms with E-state index >= 15 is 0 Å². The summed E-state index contributed by atoms with van der Waals surface area (Å²) < 4.78 is 5.29. The molecule has 4 aromatic heterocycles. The summed E-state index contributed by atoms with van der Waals surface area (Å²) >= 11 is 0. The first kappa shape index (κ1) is 23.2. The van der Waals surface area contributed by atoms with Gasteiger partial charge >= 0.3 is 0 Å². The number of nitrogens with zero attached hydrogens (tertiary/aromatic N) is 5. The second-order valence-electron chi connectivity index (χ2n) is 9.64. The van der Waals surface area contributed by atoms with Gasteiger partial charge in [0.05, 0.1) is 18.2 Å². The third kappa shape index (κ3) is 4.43. The first-order valence-electron chi connectivity index (χ1n) is 12.9. The highest BCUT2D eigenvalue weighted by atomic mass is 16.5. The topological polar surface area (TPSA) is 95.6 Å². The van der Waals surface area contributed by atoms with E-state index in [0.29, 0.717) is 11.8 Å². The molecule has 1 aliphatic heterocycles. The summed E-state index contributed by atoms with van der Waals surface area (Å²) in [6, 6.07) is 14.8. The normalized spacial score (nSPS) is 14.4. The van der Waals surface area contributed by atoms with E-state index in [0.717, 1.165) is 77.7 Å². The van der Waals surface area contributed by atoms with E-state index in [-0.39, 0.29) is 0 Å². The highest BCUT2D eigenvalue weighted by Crippen LogP contribution is 2.34. The Bertz CT molecular complexity index is 1530. The van der Waals surface area contributed by atoms with Crippen LogP contribution in [0.5, 0.6) is 5.88 Å². The first-order valence-corrected chi connectivity index (χ1v) is 12.9. The Labute approximate surface area is 216 Å². The maximum atomic E-state index is 5.29. The summed E-state index contributed by atoms with van der Waals surface area (Å²) in [4.78, 5) is 27.8. The standard InChI is InChI=1S/C29H31N7O/c1-4-19-5-7-20(8-6-19)26-18(2)33-27(35-26)21-10-13-36(14-11-21)29-23-16-24(34-28(23)31-17-32-29)22-9-12-30-25(15-22)37-3/h5-9,12,15-17,21H,4,10-11,13-14H2,1-3H3,(H,33,35)(H,31,32,34). The zero-order valence-corrected chi connectivity index (χ0v) is 21.5. The highest BCUT2D eigenvalue weighted by Gasteiger charge is 2.26. The van der Waals surface area contributed by atoms with E-state index in [1.807, 2.05) is 12.1 Å². The molecular weight excluding hydrogens is 462 g/mol. The number of aromatic amines is 2. The Morgan fingerprint density at radius 2 is 1.78 bits per heavy atom. The van der Waals surface area contributed by atoms with Crippen molar-refractivity contribution in [2.75, 3.05) is 25.1 Å². The fraction of sp³-hybridized carbons (Fsp3) is 0.310. The molecule has 0 saturated carbocycles. The van der Waals surface area contributed by atoms with Gasteiger partial charge in [0.25, 0.3) is 0 Å². The molecule has 8 heteroatoms. The third-order valence-electron chi connectivity index (χ3n) is 7.38. The third-order valence-corrected chi connectivity index (χ3v) is 7.38. The van der Waals surface area contributed by atoms with Crippen LogP contribution in [0.25, 0.3) is 33.5 Å². The molecule has 0 aliphatic carbocycles. The number of piperidine rings is 1. The van der Waals surface area contributed by atoms with Gasteiger partial charge in [0.2, 0.25) is 5.88 Å². The van der Waals surface area contributed by atoms with E-state index in [4.69, 9.17) is 9.72 Å². The maximum absolute atomic E-state index is 5.29. The molecule has 2 N–H and O–H groups in total. The fourth-order valence-electron chi connectivity index (χ4n) is 5.24. The zero-order valence-electron chi connectivity index (χ0n) is 21.5. The van der Waals surface area contributed by atoms with Crippen LogP contribution >= 0.6 is 0 Å². The number of aryl methyl sites for hydroxylation is 2. The van der Waals surface area contributed by atoms with Crippen molar-refractivity contribution >= 4 is 16.9 Å². The highest BCUT2D eigenvalue weighted by molar-refractivity contribution is 5.92. The molecule has 8 nitrogen and oxygen atoms in total. The van der Waals surface area contributed by atoms with Crippen LogP contribution in [-0.2, 0) is 6.42 Å². The smallest absolute Gasteiger partial charge is 0.213 e. The average molecular weight is 494 g/mol. The number of H-pyrrole nitrogens is 2. The quantitative estimate of drug-likeness (QED) is 0.316. The van der Waals surface area contributed by atoms with Gasteiger partial charge in [-0.3, -0.25) is 0 Å². The molecule has 1 aliphatic rings. The number of imidazole rings is 1. The molecule has 5 heterocycles. The first-order chi connectivity index (χ1) is 18.1. The van der Waals surface area contributed by atoms with Gasteiger partial charge in [-0.2, -0.15) is 0 Å². The molecule has 1 saturated heterocycles. The monoisotopic (exact) mass is 493 g/mol. The summed E-state index contributed by atoms with van der Waals surface area (Å²) in [7, 11) is 1.62. The van der Waals surface area contributed by atoms with E-state index in [2.05, 4.69) is 74.0 Å². The summed E-state index contributed by atoms with van der Waals surface area (Å²) in [5, 5.41) is 1.03. The van der Waals surface area contributed by atoms with E-state index in [1.54, 1.807) is 19.6 Å². The van der Waals surface area contributed by atoms with Gasteiger partial charge in [-0.15, -0.1) is 0 Å². The SMILES string of the molecule is CCc1ccc(-c2nc(C3CCN(c4ncnc5[nH]c(-c6ccnc(OC)c6)cc45)CC3)[nH]c2C)cc1. The van der Waals surface area contributed by atoms with Crippen molar-refractivity contribution in [3.63, 3.8) is 0 Å². The lowest BCUT2D eigenvalue weighted by Gasteiger charge is -2.32. The van der Waals surface area contributed by atoms with Crippen LogP contribution in [0.2, 0.25) is 0 Å². The van der Waals surface area contributed by atoms with E-state index in [9.17, 15) is 0 Å².